The van der Waals surface area contributed by atoms with Crippen LogP contribution in [0.2, 0.25) is 0 Å². The second kappa shape index (κ2) is 6.57. The molecule has 2 rings (SSSR count). The molecule has 0 aromatic heterocycles. The van der Waals surface area contributed by atoms with Gasteiger partial charge < -0.3 is 10.6 Å². The van der Waals surface area contributed by atoms with Crippen LogP contribution in [0.1, 0.15) is 12.0 Å². The van der Waals surface area contributed by atoms with Gasteiger partial charge in [0.2, 0.25) is 5.91 Å². The van der Waals surface area contributed by atoms with Gasteiger partial charge in [0.1, 0.15) is 6.17 Å². The summed E-state index contributed by atoms with van der Waals surface area (Å²) < 4.78 is 12.9. The van der Waals surface area contributed by atoms with E-state index >= 15 is 0 Å². The first-order valence-electron chi connectivity index (χ1n) is 5.45. The molecule has 0 aliphatic carbocycles. The quantitative estimate of drug-likeness (QED) is 0.861. The van der Waals surface area contributed by atoms with E-state index in [1.165, 1.54) is 0 Å². The lowest BCUT2D eigenvalue weighted by Gasteiger charge is -2.10. The first kappa shape index (κ1) is 13.9. The van der Waals surface area contributed by atoms with Gasteiger partial charge in [-0.15, -0.1) is 12.4 Å². The Balaban J connectivity index is 0.00000144. The molecule has 1 heterocycles. The average molecular weight is 259 g/mol. The molecular weight excluding hydrogens is 243 g/mol. The fraction of sp³-hybridized carbons (Fsp3) is 0.417. The number of benzene rings is 1. The maximum atomic E-state index is 12.9. The predicted molar refractivity (Wildman–Crippen MR) is 66.8 cm³/mol. The summed E-state index contributed by atoms with van der Waals surface area (Å²) in [6.45, 7) is 0.776. The number of nitrogens with one attached hydrogen (secondary N) is 2. The van der Waals surface area contributed by atoms with E-state index in [1.807, 2.05) is 30.3 Å². The van der Waals surface area contributed by atoms with Crippen LogP contribution in [0.3, 0.4) is 0 Å². The summed E-state index contributed by atoms with van der Waals surface area (Å²) in [4.78, 5) is 11.6. The van der Waals surface area contributed by atoms with Crippen molar-refractivity contribution in [1.29, 1.82) is 0 Å². The van der Waals surface area contributed by atoms with E-state index in [9.17, 15) is 9.18 Å². The van der Waals surface area contributed by atoms with E-state index in [4.69, 9.17) is 0 Å². The van der Waals surface area contributed by atoms with Crippen LogP contribution in [-0.2, 0) is 11.3 Å². The van der Waals surface area contributed by atoms with Gasteiger partial charge in [0.05, 0.1) is 6.04 Å². The lowest BCUT2D eigenvalue weighted by Crippen LogP contribution is -2.39. The van der Waals surface area contributed by atoms with Crippen LogP contribution in [0.25, 0.3) is 0 Å². The van der Waals surface area contributed by atoms with E-state index in [-0.39, 0.29) is 37.3 Å². The zero-order valence-corrected chi connectivity index (χ0v) is 10.2. The lowest BCUT2D eigenvalue weighted by molar-refractivity contribution is -0.123. The van der Waals surface area contributed by atoms with Gasteiger partial charge in [-0.05, 0) is 5.56 Å². The molecular formula is C12H16ClFN2O. The molecule has 0 bridgehead atoms. The average Bonchev–Trinajstić information content (AvgIpc) is 2.74. The number of carbonyl (C=O) groups excluding carboxylic acids is 1. The Kier molecular flexibility index (Phi) is 5.38. The van der Waals surface area contributed by atoms with Crippen molar-refractivity contribution in [1.82, 2.24) is 10.6 Å². The molecule has 3 nitrogen and oxygen atoms in total. The summed E-state index contributed by atoms with van der Waals surface area (Å²) in [5, 5.41) is 5.65. The third-order valence-electron chi connectivity index (χ3n) is 2.70. The van der Waals surface area contributed by atoms with Gasteiger partial charge in [-0.1, -0.05) is 30.3 Å². The third kappa shape index (κ3) is 3.98. The largest absolute Gasteiger partial charge is 0.351 e. The molecule has 5 heteroatoms. The SMILES string of the molecule is Cl.O=C(NCc1ccccc1)C1CC(F)CN1. The molecule has 1 aliphatic heterocycles. The number of halogens is 2. The van der Waals surface area contributed by atoms with Crippen LogP contribution in [0.4, 0.5) is 4.39 Å². The zero-order chi connectivity index (χ0) is 11.4. The van der Waals surface area contributed by atoms with Crippen molar-refractivity contribution in [3.63, 3.8) is 0 Å². The molecule has 1 aliphatic rings. The van der Waals surface area contributed by atoms with Gasteiger partial charge in [-0.3, -0.25) is 4.79 Å². The summed E-state index contributed by atoms with van der Waals surface area (Å²) in [7, 11) is 0. The highest BCUT2D eigenvalue weighted by Crippen LogP contribution is 2.10. The van der Waals surface area contributed by atoms with Crippen LogP contribution in [-0.4, -0.2) is 24.7 Å². The minimum atomic E-state index is -0.896. The molecule has 2 N–H and O–H groups in total. The van der Waals surface area contributed by atoms with Gasteiger partial charge in [-0.25, -0.2) is 4.39 Å². The van der Waals surface area contributed by atoms with Gasteiger partial charge in [-0.2, -0.15) is 0 Å². The van der Waals surface area contributed by atoms with E-state index in [0.717, 1.165) is 5.56 Å². The van der Waals surface area contributed by atoms with Crippen molar-refractivity contribution in [2.24, 2.45) is 0 Å². The number of alkyl halides is 1. The molecule has 0 spiro atoms. The van der Waals surface area contributed by atoms with Crippen molar-refractivity contribution < 1.29 is 9.18 Å². The van der Waals surface area contributed by atoms with Crippen molar-refractivity contribution in [3.8, 4) is 0 Å². The topological polar surface area (TPSA) is 41.1 Å². The van der Waals surface area contributed by atoms with E-state index in [1.54, 1.807) is 0 Å². The van der Waals surface area contributed by atoms with Crippen molar-refractivity contribution in [3.05, 3.63) is 35.9 Å². The molecule has 1 fully saturated rings. The van der Waals surface area contributed by atoms with Gasteiger partial charge >= 0.3 is 0 Å². The molecule has 1 amide bonds. The van der Waals surface area contributed by atoms with Gasteiger partial charge in [0, 0.05) is 19.5 Å². The summed E-state index contributed by atoms with van der Waals surface area (Å²) in [6, 6.07) is 9.29. The number of hydrogen-bond acceptors (Lipinski definition) is 2. The Labute approximate surface area is 106 Å². The van der Waals surface area contributed by atoms with Crippen molar-refractivity contribution in [2.75, 3.05) is 6.54 Å². The molecule has 94 valence electrons. The minimum absolute atomic E-state index is 0. The maximum absolute atomic E-state index is 12.9. The summed E-state index contributed by atoms with van der Waals surface area (Å²) in [5.74, 6) is -0.121. The fourth-order valence-corrected chi connectivity index (χ4v) is 1.80. The molecule has 2 atom stereocenters. The first-order valence-corrected chi connectivity index (χ1v) is 5.45. The highest BCUT2D eigenvalue weighted by Gasteiger charge is 2.28. The molecule has 1 aromatic carbocycles. The molecule has 2 unspecified atom stereocenters. The van der Waals surface area contributed by atoms with Crippen molar-refractivity contribution in [2.45, 2.75) is 25.2 Å². The molecule has 17 heavy (non-hydrogen) atoms. The maximum Gasteiger partial charge on any atom is 0.237 e. The number of carbonyl (C=O) groups is 1. The predicted octanol–water partition coefficient (Wildman–Crippen LogP) is 1.42. The first-order chi connectivity index (χ1) is 7.75. The number of hydrogen-bond donors (Lipinski definition) is 2. The van der Waals surface area contributed by atoms with Crippen molar-refractivity contribution >= 4 is 18.3 Å². The van der Waals surface area contributed by atoms with E-state index in [0.29, 0.717) is 6.54 Å². The monoisotopic (exact) mass is 258 g/mol. The fourth-order valence-electron chi connectivity index (χ4n) is 1.80. The van der Waals surface area contributed by atoms with E-state index < -0.39 is 6.17 Å². The Morgan fingerprint density at radius 3 is 2.71 bits per heavy atom. The van der Waals surface area contributed by atoms with Crippen LogP contribution in [0.15, 0.2) is 30.3 Å². The Morgan fingerprint density at radius 1 is 1.41 bits per heavy atom. The number of amides is 1. The summed E-state index contributed by atoms with van der Waals surface area (Å²) >= 11 is 0. The highest BCUT2D eigenvalue weighted by atomic mass is 35.5. The second-order valence-electron chi connectivity index (χ2n) is 4.00. The van der Waals surface area contributed by atoms with Gasteiger partial charge in [0.15, 0.2) is 0 Å². The molecule has 1 saturated heterocycles. The van der Waals surface area contributed by atoms with E-state index in [2.05, 4.69) is 10.6 Å². The molecule has 0 saturated carbocycles. The summed E-state index contributed by atoms with van der Waals surface area (Å²) in [6.07, 6.45) is -0.617. The highest BCUT2D eigenvalue weighted by molar-refractivity contribution is 5.85. The smallest absolute Gasteiger partial charge is 0.237 e. The lowest BCUT2D eigenvalue weighted by atomic mass is 10.2. The second-order valence-corrected chi connectivity index (χ2v) is 4.00. The van der Waals surface area contributed by atoms with Gasteiger partial charge in [0.25, 0.3) is 0 Å². The molecule has 0 radical (unpaired) electrons. The van der Waals surface area contributed by atoms with Crippen LogP contribution in [0, 0.1) is 0 Å². The van der Waals surface area contributed by atoms with Crippen LogP contribution < -0.4 is 10.6 Å². The zero-order valence-electron chi connectivity index (χ0n) is 9.36. The molecule has 1 aromatic rings. The summed E-state index contributed by atoms with van der Waals surface area (Å²) in [5.41, 5.74) is 1.05. The van der Waals surface area contributed by atoms with Crippen LogP contribution >= 0.6 is 12.4 Å². The minimum Gasteiger partial charge on any atom is -0.351 e. The standard InChI is InChI=1S/C12H15FN2O.ClH/c13-10-6-11(14-8-10)12(16)15-7-9-4-2-1-3-5-9;/h1-5,10-11,14H,6-8H2,(H,15,16);1H. The normalized spacial score (nSPS) is 22.9. The van der Waals surface area contributed by atoms with Crippen LogP contribution in [0.5, 0.6) is 0 Å². The third-order valence-corrected chi connectivity index (χ3v) is 2.70. The number of rotatable bonds is 3. The Morgan fingerprint density at radius 2 is 2.12 bits per heavy atom. The Hall–Kier alpha value is -1.13. The Bertz CT molecular complexity index is 361.